The number of hydrogen-bond donors (Lipinski definition) is 2. The number of rotatable bonds is 5. The van der Waals surface area contributed by atoms with Gasteiger partial charge in [0.05, 0.1) is 13.3 Å². The van der Waals surface area contributed by atoms with Crippen molar-refractivity contribution in [2.24, 2.45) is 0 Å². The first-order chi connectivity index (χ1) is 8.72. The zero-order valence-electron chi connectivity index (χ0n) is 10.5. The average molecular weight is 266 g/mol. The van der Waals surface area contributed by atoms with Gasteiger partial charge in [0.15, 0.2) is 5.95 Å². The van der Waals surface area contributed by atoms with E-state index in [1.807, 2.05) is 31.4 Å². The molecule has 0 aliphatic carbocycles. The van der Waals surface area contributed by atoms with Crippen molar-refractivity contribution in [1.82, 2.24) is 9.97 Å². The van der Waals surface area contributed by atoms with Gasteiger partial charge in [0.25, 0.3) is 0 Å². The van der Waals surface area contributed by atoms with Crippen LogP contribution in [-0.2, 0) is 12.8 Å². The molecule has 1 heterocycles. The first kappa shape index (κ1) is 12.8. The lowest BCUT2D eigenvalue weighted by molar-refractivity contribution is 0.409. The molecule has 2 aromatic rings. The van der Waals surface area contributed by atoms with Crippen molar-refractivity contribution in [3.63, 3.8) is 0 Å². The molecule has 18 heavy (non-hydrogen) atoms. The summed E-state index contributed by atoms with van der Waals surface area (Å²) in [6.45, 7) is 0. The number of aromatic amines is 1. The Hall–Kier alpha value is -1.68. The lowest BCUT2D eigenvalue weighted by Crippen LogP contribution is -1.96. The molecule has 0 aliphatic heterocycles. The third-order valence-electron chi connectivity index (χ3n) is 2.77. The molecule has 0 amide bonds. The van der Waals surface area contributed by atoms with Crippen molar-refractivity contribution in [2.75, 3.05) is 19.5 Å². The van der Waals surface area contributed by atoms with E-state index in [1.54, 1.807) is 7.11 Å². The fraction of sp³-hybridized carbons (Fsp3) is 0.308. The van der Waals surface area contributed by atoms with Gasteiger partial charge in [0, 0.05) is 17.8 Å². The van der Waals surface area contributed by atoms with E-state index in [1.165, 1.54) is 0 Å². The Morgan fingerprint density at radius 3 is 2.89 bits per heavy atom. The van der Waals surface area contributed by atoms with Crippen molar-refractivity contribution in [3.05, 3.63) is 40.7 Å². The highest BCUT2D eigenvalue weighted by molar-refractivity contribution is 6.30. The lowest BCUT2D eigenvalue weighted by atomic mass is 10.1. The summed E-state index contributed by atoms with van der Waals surface area (Å²) in [5.41, 5.74) is 2.19. The van der Waals surface area contributed by atoms with Crippen LogP contribution in [0.1, 0.15) is 11.3 Å². The maximum atomic E-state index is 6.00. The highest BCUT2D eigenvalue weighted by atomic mass is 35.5. The number of ether oxygens (including phenoxy) is 1. The van der Waals surface area contributed by atoms with Crippen molar-refractivity contribution < 1.29 is 4.74 Å². The highest BCUT2D eigenvalue weighted by Gasteiger charge is 2.05. The highest BCUT2D eigenvalue weighted by Crippen LogP contribution is 2.24. The zero-order valence-corrected chi connectivity index (χ0v) is 11.2. The lowest BCUT2D eigenvalue weighted by Gasteiger charge is -2.08. The Morgan fingerprint density at radius 1 is 1.39 bits per heavy atom. The summed E-state index contributed by atoms with van der Waals surface area (Å²) in [6.07, 6.45) is 3.56. The van der Waals surface area contributed by atoms with Crippen LogP contribution in [-0.4, -0.2) is 24.1 Å². The van der Waals surface area contributed by atoms with E-state index in [-0.39, 0.29) is 0 Å². The van der Waals surface area contributed by atoms with E-state index in [0.717, 1.165) is 40.8 Å². The van der Waals surface area contributed by atoms with Crippen LogP contribution in [0.25, 0.3) is 0 Å². The standard InChI is InChI=1S/C13H16ClN3O/c1-15-13-16-8-11(17-13)5-3-9-7-10(14)4-6-12(9)18-2/h4,6-8H,3,5H2,1-2H3,(H2,15,16,17). The quantitative estimate of drug-likeness (QED) is 0.874. The Balaban J connectivity index is 2.07. The fourth-order valence-corrected chi connectivity index (χ4v) is 2.02. The van der Waals surface area contributed by atoms with Gasteiger partial charge in [-0.05, 0) is 36.6 Å². The molecular formula is C13H16ClN3O. The van der Waals surface area contributed by atoms with Gasteiger partial charge in [0.2, 0.25) is 0 Å². The van der Waals surface area contributed by atoms with Crippen molar-refractivity contribution in [2.45, 2.75) is 12.8 Å². The molecule has 0 aliphatic rings. The Kier molecular flexibility index (Phi) is 4.10. The number of aryl methyl sites for hydroxylation is 2. The number of hydrogen-bond acceptors (Lipinski definition) is 3. The van der Waals surface area contributed by atoms with Gasteiger partial charge < -0.3 is 15.0 Å². The minimum atomic E-state index is 0.728. The minimum Gasteiger partial charge on any atom is -0.496 e. The maximum absolute atomic E-state index is 6.00. The van der Waals surface area contributed by atoms with Crippen molar-refractivity contribution >= 4 is 17.5 Å². The van der Waals surface area contributed by atoms with E-state index in [4.69, 9.17) is 16.3 Å². The number of benzene rings is 1. The summed E-state index contributed by atoms with van der Waals surface area (Å²) in [5.74, 6) is 1.65. The van der Waals surface area contributed by atoms with Gasteiger partial charge in [-0.2, -0.15) is 0 Å². The molecule has 0 atom stereocenters. The van der Waals surface area contributed by atoms with Crippen LogP contribution >= 0.6 is 11.6 Å². The second-order valence-electron chi connectivity index (χ2n) is 3.96. The molecule has 2 rings (SSSR count). The van der Waals surface area contributed by atoms with Gasteiger partial charge in [-0.25, -0.2) is 4.98 Å². The summed E-state index contributed by atoms with van der Waals surface area (Å²) < 4.78 is 5.32. The van der Waals surface area contributed by atoms with Gasteiger partial charge in [-0.1, -0.05) is 11.6 Å². The van der Waals surface area contributed by atoms with Crippen LogP contribution in [0.3, 0.4) is 0 Å². The number of nitrogens with zero attached hydrogens (tertiary/aromatic N) is 1. The normalized spacial score (nSPS) is 10.4. The molecule has 2 N–H and O–H groups in total. The van der Waals surface area contributed by atoms with Crippen molar-refractivity contribution in [1.29, 1.82) is 0 Å². The molecule has 0 saturated carbocycles. The molecule has 0 fully saturated rings. The number of halogens is 1. The van der Waals surface area contributed by atoms with Gasteiger partial charge >= 0.3 is 0 Å². The van der Waals surface area contributed by atoms with Crippen molar-refractivity contribution in [3.8, 4) is 5.75 Å². The predicted octanol–water partition coefficient (Wildman–Crippen LogP) is 2.90. The number of imidazole rings is 1. The second-order valence-corrected chi connectivity index (χ2v) is 4.40. The van der Waals surface area contributed by atoms with Gasteiger partial charge in [0.1, 0.15) is 5.75 Å². The molecule has 5 heteroatoms. The molecule has 0 unspecified atom stereocenters. The predicted molar refractivity (Wildman–Crippen MR) is 73.5 cm³/mol. The first-order valence-electron chi connectivity index (χ1n) is 5.77. The maximum Gasteiger partial charge on any atom is 0.200 e. The van der Waals surface area contributed by atoms with Crippen LogP contribution in [0.15, 0.2) is 24.4 Å². The SMILES string of the molecule is CNc1ncc(CCc2cc(Cl)ccc2OC)[nH]1. The molecule has 0 bridgehead atoms. The molecular weight excluding hydrogens is 250 g/mol. The Morgan fingerprint density at radius 2 is 2.22 bits per heavy atom. The van der Waals surface area contributed by atoms with Gasteiger partial charge in [-0.3, -0.25) is 0 Å². The van der Waals surface area contributed by atoms with Crippen LogP contribution in [0.4, 0.5) is 5.95 Å². The topological polar surface area (TPSA) is 49.9 Å². The van der Waals surface area contributed by atoms with Crippen LogP contribution < -0.4 is 10.1 Å². The Labute approximate surface area is 111 Å². The summed E-state index contributed by atoms with van der Waals surface area (Å²) in [7, 11) is 3.50. The van der Waals surface area contributed by atoms with Crippen LogP contribution in [0, 0.1) is 0 Å². The second kappa shape index (κ2) is 5.78. The third kappa shape index (κ3) is 2.96. The molecule has 0 radical (unpaired) electrons. The number of methoxy groups -OCH3 is 1. The van der Waals surface area contributed by atoms with E-state index in [9.17, 15) is 0 Å². The van der Waals surface area contributed by atoms with Gasteiger partial charge in [-0.15, -0.1) is 0 Å². The monoisotopic (exact) mass is 265 g/mol. The smallest absolute Gasteiger partial charge is 0.200 e. The Bertz CT molecular complexity index is 525. The summed E-state index contributed by atoms with van der Waals surface area (Å²) in [5, 5.41) is 3.69. The van der Waals surface area contributed by atoms with E-state index in [2.05, 4.69) is 15.3 Å². The van der Waals surface area contributed by atoms with E-state index in [0.29, 0.717) is 0 Å². The molecule has 0 saturated heterocycles. The summed E-state index contributed by atoms with van der Waals surface area (Å²) >= 11 is 6.00. The minimum absolute atomic E-state index is 0.728. The molecule has 0 spiro atoms. The molecule has 1 aromatic heterocycles. The average Bonchev–Trinajstić information content (AvgIpc) is 2.84. The largest absolute Gasteiger partial charge is 0.496 e. The van der Waals surface area contributed by atoms with E-state index < -0.39 is 0 Å². The number of anilines is 1. The fourth-order valence-electron chi connectivity index (χ4n) is 1.83. The molecule has 4 nitrogen and oxygen atoms in total. The zero-order chi connectivity index (χ0) is 13.0. The van der Waals surface area contributed by atoms with Crippen LogP contribution in [0.2, 0.25) is 5.02 Å². The van der Waals surface area contributed by atoms with Crippen LogP contribution in [0.5, 0.6) is 5.75 Å². The first-order valence-corrected chi connectivity index (χ1v) is 6.14. The number of aromatic nitrogens is 2. The number of nitrogens with one attached hydrogen (secondary N) is 2. The molecule has 96 valence electrons. The van der Waals surface area contributed by atoms with E-state index >= 15 is 0 Å². The summed E-state index contributed by atoms with van der Waals surface area (Å²) in [4.78, 5) is 7.37. The number of H-pyrrole nitrogens is 1. The summed E-state index contributed by atoms with van der Waals surface area (Å²) in [6, 6.07) is 5.67. The third-order valence-corrected chi connectivity index (χ3v) is 3.01. The molecule has 1 aromatic carbocycles.